The summed E-state index contributed by atoms with van der Waals surface area (Å²) in [6.07, 6.45) is 4.55. The van der Waals surface area contributed by atoms with Gasteiger partial charge in [0.05, 0.1) is 17.5 Å². The van der Waals surface area contributed by atoms with Crippen LogP contribution in [0.4, 0.5) is 10.5 Å². The number of pyridine rings is 1. The minimum atomic E-state index is -0.875. The lowest BCUT2D eigenvalue weighted by atomic mass is 9.92. The molecule has 6 rings (SSSR count). The Morgan fingerprint density at radius 3 is 2.35 bits per heavy atom. The molecule has 2 saturated heterocycles. The molecule has 1 aliphatic carbocycles. The fraction of sp³-hybridized carbons (Fsp3) is 0.440. The molecule has 1 spiro atoms. The van der Waals surface area contributed by atoms with Crippen molar-refractivity contribution < 1.29 is 24.2 Å². The monoisotopic (exact) mass is 462 g/mol. The lowest BCUT2D eigenvalue weighted by molar-refractivity contribution is -0.134. The van der Waals surface area contributed by atoms with Gasteiger partial charge >= 0.3 is 12.1 Å². The summed E-state index contributed by atoms with van der Waals surface area (Å²) in [5, 5.41) is 9.14. The summed E-state index contributed by atoms with van der Waals surface area (Å²) in [4.78, 5) is 46.6. The van der Waals surface area contributed by atoms with Gasteiger partial charge in [-0.3, -0.25) is 9.78 Å². The second-order valence-electron chi connectivity index (χ2n) is 9.67. The number of amides is 2. The van der Waals surface area contributed by atoms with Crippen molar-refractivity contribution in [3.63, 3.8) is 0 Å². The van der Waals surface area contributed by atoms with Crippen molar-refractivity contribution in [1.29, 1.82) is 0 Å². The molecular formula is C25H26N4O5. The topological polar surface area (TPSA) is 103 Å². The molecule has 1 unspecified atom stereocenters. The summed E-state index contributed by atoms with van der Waals surface area (Å²) in [6, 6.07) is 9.97. The molecule has 1 aromatic heterocycles. The Kier molecular flexibility index (Phi) is 4.59. The number of anilines is 1. The Hall–Kier alpha value is -3.62. The first kappa shape index (κ1) is 20.9. The second kappa shape index (κ2) is 7.44. The third kappa shape index (κ3) is 3.13. The molecule has 1 atom stereocenters. The van der Waals surface area contributed by atoms with Gasteiger partial charge in [0.1, 0.15) is 0 Å². The average molecular weight is 463 g/mol. The lowest BCUT2D eigenvalue weighted by Gasteiger charge is -2.34. The van der Waals surface area contributed by atoms with E-state index in [0.717, 1.165) is 29.7 Å². The maximum atomic E-state index is 13.7. The summed E-state index contributed by atoms with van der Waals surface area (Å²) in [6.45, 7) is 3.21. The van der Waals surface area contributed by atoms with E-state index in [1.54, 1.807) is 12.4 Å². The van der Waals surface area contributed by atoms with E-state index in [0.29, 0.717) is 51.3 Å². The zero-order valence-corrected chi connectivity index (χ0v) is 18.8. The number of benzene rings is 1. The van der Waals surface area contributed by atoms with Gasteiger partial charge in [0.2, 0.25) is 5.91 Å². The number of fused-ring (bicyclic) bond motifs is 2. The number of likely N-dealkylation sites (tertiary alicyclic amines) is 1. The molecule has 3 aliphatic heterocycles. The maximum absolute atomic E-state index is 13.7. The lowest BCUT2D eigenvalue weighted by Crippen LogP contribution is -2.48. The number of hydrogen-bond donors (Lipinski definition) is 1. The second-order valence-corrected chi connectivity index (χ2v) is 9.67. The van der Waals surface area contributed by atoms with Crippen LogP contribution in [0.3, 0.4) is 0 Å². The fourth-order valence-corrected chi connectivity index (χ4v) is 5.70. The number of piperazine rings is 1. The summed E-state index contributed by atoms with van der Waals surface area (Å²) in [5.74, 6) is -0.260. The largest absolute Gasteiger partial charge is 0.465 e. The van der Waals surface area contributed by atoms with E-state index >= 15 is 0 Å². The number of esters is 1. The summed E-state index contributed by atoms with van der Waals surface area (Å²) >= 11 is 0. The van der Waals surface area contributed by atoms with Crippen LogP contribution in [0.15, 0.2) is 42.7 Å². The number of rotatable bonds is 3. The van der Waals surface area contributed by atoms with Crippen LogP contribution in [-0.2, 0) is 20.5 Å². The van der Waals surface area contributed by atoms with E-state index < -0.39 is 17.1 Å². The van der Waals surface area contributed by atoms with Crippen LogP contribution in [0.25, 0.3) is 0 Å². The Morgan fingerprint density at radius 1 is 0.941 bits per heavy atom. The molecule has 2 amide bonds. The number of aromatic nitrogens is 1. The van der Waals surface area contributed by atoms with E-state index in [1.165, 1.54) is 4.90 Å². The highest BCUT2D eigenvalue weighted by Gasteiger charge is 2.57. The molecule has 3 fully saturated rings. The molecule has 1 N–H and O–H groups in total. The van der Waals surface area contributed by atoms with Crippen molar-refractivity contribution in [2.75, 3.05) is 44.2 Å². The van der Waals surface area contributed by atoms with E-state index in [1.807, 2.05) is 35.2 Å². The standard InChI is InChI=1S/C25H26N4O5/c30-21-19-15-26-9-5-20(19)25(34-21)8-10-29(16-25)22(31)24(6-7-24)17-1-3-18(4-2-17)27-11-13-28(14-12-27)23(32)33/h1-5,9,15H,6-8,10-14,16H2,(H,32,33). The smallest absolute Gasteiger partial charge is 0.407 e. The van der Waals surface area contributed by atoms with Crippen molar-refractivity contribution in [3.05, 3.63) is 59.4 Å². The van der Waals surface area contributed by atoms with Gasteiger partial charge in [-0.1, -0.05) is 12.1 Å². The van der Waals surface area contributed by atoms with Crippen molar-refractivity contribution in [2.24, 2.45) is 0 Å². The van der Waals surface area contributed by atoms with Gasteiger partial charge in [-0.2, -0.15) is 0 Å². The zero-order valence-electron chi connectivity index (χ0n) is 18.8. The Morgan fingerprint density at radius 2 is 1.68 bits per heavy atom. The van der Waals surface area contributed by atoms with Gasteiger partial charge in [0, 0.05) is 62.8 Å². The molecule has 4 aliphatic rings. The molecule has 9 heteroatoms. The predicted molar refractivity (Wildman–Crippen MR) is 122 cm³/mol. The van der Waals surface area contributed by atoms with Crippen molar-refractivity contribution in [1.82, 2.24) is 14.8 Å². The van der Waals surface area contributed by atoms with E-state index in [9.17, 15) is 14.4 Å². The molecule has 1 aromatic carbocycles. The summed E-state index contributed by atoms with van der Waals surface area (Å²) < 4.78 is 5.79. The first-order valence-corrected chi connectivity index (χ1v) is 11.7. The molecule has 0 bridgehead atoms. The maximum Gasteiger partial charge on any atom is 0.407 e. The van der Waals surface area contributed by atoms with Crippen LogP contribution in [0, 0.1) is 0 Å². The number of nitrogens with zero attached hydrogens (tertiary/aromatic N) is 4. The SMILES string of the molecule is O=C1OC2(CCN(C(=O)C3(c4ccc(N5CCN(C(=O)O)CC5)cc4)CC3)C2)c2ccncc21. The Bertz CT molecular complexity index is 1170. The third-order valence-electron chi connectivity index (χ3n) is 7.83. The number of carbonyl (C=O) groups excluding carboxylic acids is 2. The molecule has 176 valence electrons. The summed E-state index contributed by atoms with van der Waals surface area (Å²) in [7, 11) is 0. The van der Waals surface area contributed by atoms with E-state index in [4.69, 9.17) is 9.84 Å². The highest BCUT2D eigenvalue weighted by atomic mass is 16.6. The number of carbonyl (C=O) groups is 3. The van der Waals surface area contributed by atoms with Crippen LogP contribution >= 0.6 is 0 Å². The van der Waals surface area contributed by atoms with Crippen LogP contribution < -0.4 is 4.90 Å². The molecule has 4 heterocycles. The van der Waals surface area contributed by atoms with Gasteiger partial charge < -0.3 is 24.5 Å². The predicted octanol–water partition coefficient (Wildman–Crippen LogP) is 2.21. The minimum Gasteiger partial charge on any atom is -0.465 e. The first-order chi connectivity index (χ1) is 16.4. The molecule has 0 radical (unpaired) electrons. The van der Waals surface area contributed by atoms with Crippen LogP contribution in [-0.4, -0.2) is 77.1 Å². The van der Waals surface area contributed by atoms with Crippen LogP contribution in [0.5, 0.6) is 0 Å². The minimum absolute atomic E-state index is 0.103. The van der Waals surface area contributed by atoms with Crippen LogP contribution in [0.2, 0.25) is 0 Å². The average Bonchev–Trinajstić information content (AvgIpc) is 3.50. The molecule has 2 aromatic rings. The highest BCUT2D eigenvalue weighted by molar-refractivity contribution is 5.95. The van der Waals surface area contributed by atoms with Crippen molar-refractivity contribution >= 4 is 23.7 Å². The molecular weight excluding hydrogens is 436 g/mol. The van der Waals surface area contributed by atoms with E-state index in [-0.39, 0.29) is 11.9 Å². The quantitative estimate of drug-likeness (QED) is 0.698. The highest BCUT2D eigenvalue weighted by Crippen LogP contribution is 2.52. The van der Waals surface area contributed by atoms with Gasteiger partial charge in [-0.25, -0.2) is 9.59 Å². The Labute approximate surface area is 196 Å². The third-order valence-corrected chi connectivity index (χ3v) is 7.83. The summed E-state index contributed by atoms with van der Waals surface area (Å²) in [5.41, 5.74) is 2.12. The van der Waals surface area contributed by atoms with Gasteiger partial charge in [0.15, 0.2) is 5.60 Å². The van der Waals surface area contributed by atoms with Crippen molar-refractivity contribution in [2.45, 2.75) is 30.3 Å². The number of ether oxygens (including phenoxy) is 1. The fourth-order valence-electron chi connectivity index (χ4n) is 5.70. The van der Waals surface area contributed by atoms with Crippen LogP contribution in [0.1, 0.15) is 40.7 Å². The zero-order chi connectivity index (χ0) is 23.5. The van der Waals surface area contributed by atoms with Gasteiger partial charge in [-0.15, -0.1) is 0 Å². The molecule has 34 heavy (non-hydrogen) atoms. The van der Waals surface area contributed by atoms with Gasteiger partial charge in [0.25, 0.3) is 0 Å². The van der Waals surface area contributed by atoms with Gasteiger partial charge in [-0.05, 0) is 36.6 Å². The Balaban J connectivity index is 1.16. The normalized spacial score (nSPS) is 24.8. The van der Waals surface area contributed by atoms with E-state index in [2.05, 4.69) is 9.88 Å². The number of carboxylic acid groups (broad SMARTS) is 1. The van der Waals surface area contributed by atoms with Crippen molar-refractivity contribution in [3.8, 4) is 0 Å². The number of hydrogen-bond acceptors (Lipinski definition) is 6. The molecule has 1 saturated carbocycles. The first-order valence-electron chi connectivity index (χ1n) is 11.7. The molecule has 9 nitrogen and oxygen atoms in total.